The Morgan fingerprint density at radius 1 is 1.14 bits per heavy atom. The first-order valence-corrected chi connectivity index (χ1v) is 20.2. The fraction of sp³-hybridized carbons (Fsp3) is 0.513. The number of aromatic nitrogens is 1. The number of pyridine rings is 1. The number of phenolic OH excluding ortho intramolecular Hbond substituents is 1. The number of fused-ring (bicyclic) bond motifs is 6. The van der Waals surface area contributed by atoms with Crippen LogP contribution < -0.4 is 15.8 Å². The van der Waals surface area contributed by atoms with E-state index in [0.717, 1.165) is 53.9 Å². The normalized spacial score (nSPS) is 29.0. The van der Waals surface area contributed by atoms with Crippen LogP contribution in [-0.2, 0) is 16.0 Å². The molecule has 4 atom stereocenters. The predicted octanol–water partition coefficient (Wildman–Crippen LogP) is 7.74. The van der Waals surface area contributed by atoms with Crippen molar-refractivity contribution in [1.82, 2.24) is 15.2 Å². The molecule has 3 aliphatic heterocycles. The Hall–Kier alpha value is -3.37. The number of ketones is 2. The lowest BCUT2D eigenvalue weighted by Crippen LogP contribution is -2.55. The number of carbonyl (C=O) groups is 2. The van der Waals surface area contributed by atoms with Gasteiger partial charge in [-0.3, -0.25) is 9.59 Å². The number of methoxy groups -OCH3 is 1. The molecule has 2 saturated carbocycles. The van der Waals surface area contributed by atoms with E-state index in [9.17, 15) is 14.7 Å². The van der Waals surface area contributed by atoms with Crippen molar-refractivity contribution in [3.05, 3.63) is 76.8 Å². The molecule has 4 N–H and O–H groups in total. The molecular weight excluding hydrogens is 653 g/mol. The number of nitrogens with zero attached hydrogens (tertiary/aromatic N) is 2. The van der Waals surface area contributed by atoms with Gasteiger partial charge in [0.1, 0.15) is 11.6 Å². The second-order valence-corrected chi connectivity index (χ2v) is 17.2. The van der Waals surface area contributed by atoms with Crippen molar-refractivity contribution < 1.29 is 19.4 Å². The summed E-state index contributed by atoms with van der Waals surface area (Å²) >= 11 is 0. The molecule has 0 saturated heterocycles. The van der Waals surface area contributed by atoms with Crippen LogP contribution in [0.1, 0.15) is 98.6 Å². The van der Waals surface area contributed by atoms with E-state index in [-0.39, 0.29) is 34.5 Å². The molecule has 7 rings (SSSR count). The summed E-state index contributed by atoms with van der Waals surface area (Å²) in [6.07, 6.45) is 22.0. The summed E-state index contributed by atoms with van der Waals surface area (Å²) in [4.78, 5) is 33.3. The lowest BCUT2D eigenvalue weighted by atomic mass is 9.75. The van der Waals surface area contributed by atoms with Gasteiger partial charge >= 0.3 is 0 Å². The van der Waals surface area contributed by atoms with Gasteiger partial charge in [0.2, 0.25) is 0 Å². The lowest BCUT2D eigenvalue weighted by molar-refractivity contribution is -0.124. The van der Waals surface area contributed by atoms with E-state index in [1.165, 1.54) is 51.0 Å². The maximum absolute atomic E-state index is 12.9. The first kappa shape index (κ1) is 34.1. The second kappa shape index (κ2) is 14.1. The number of rotatable bonds is 3. The summed E-state index contributed by atoms with van der Waals surface area (Å²) in [7, 11) is 5.35. The molecule has 10 heteroatoms. The van der Waals surface area contributed by atoms with Gasteiger partial charge in [-0.15, -0.1) is 0 Å². The van der Waals surface area contributed by atoms with Crippen molar-refractivity contribution in [2.24, 2.45) is 17.3 Å². The van der Waals surface area contributed by atoms with E-state index >= 15 is 0 Å². The smallest absolute Gasteiger partial charge is 0.163 e. The Morgan fingerprint density at radius 2 is 1.98 bits per heavy atom. The Morgan fingerprint density at radius 3 is 2.78 bits per heavy atom. The molecular formula is C39H48N4O4S2. The summed E-state index contributed by atoms with van der Waals surface area (Å²) < 4.78 is 5.42. The van der Waals surface area contributed by atoms with Crippen molar-refractivity contribution in [2.75, 3.05) is 25.3 Å². The molecule has 1 spiro atoms. The molecule has 5 aliphatic rings. The molecule has 2 aliphatic carbocycles. The molecule has 0 radical (unpaired) electrons. The Balaban J connectivity index is 1.35. The largest absolute Gasteiger partial charge is 0.504 e. The van der Waals surface area contributed by atoms with Gasteiger partial charge in [-0.05, 0) is 96.9 Å². The maximum Gasteiger partial charge on any atom is 0.163 e. The predicted molar refractivity (Wildman–Crippen MR) is 199 cm³/mol. The quantitative estimate of drug-likeness (QED) is 0.217. The summed E-state index contributed by atoms with van der Waals surface area (Å²) in [6, 6.07) is 5.69. The Bertz CT molecular complexity index is 1700. The summed E-state index contributed by atoms with van der Waals surface area (Å²) in [5.41, 5.74) is 11.9. The number of nitrogens with two attached hydrogens (primary N) is 1. The highest BCUT2D eigenvalue weighted by atomic mass is 33.1. The molecule has 260 valence electrons. The maximum atomic E-state index is 12.9. The van der Waals surface area contributed by atoms with Crippen LogP contribution in [0.2, 0.25) is 0 Å². The van der Waals surface area contributed by atoms with Gasteiger partial charge in [-0.1, -0.05) is 59.9 Å². The van der Waals surface area contributed by atoms with Crippen LogP contribution in [0.25, 0.3) is 6.08 Å². The minimum Gasteiger partial charge on any atom is -0.504 e. The number of nitrogens with one attached hydrogen (secondary N) is 1. The average Bonchev–Trinajstić information content (AvgIpc) is 3.83. The minimum atomic E-state index is -0.224. The molecule has 0 amide bonds. The van der Waals surface area contributed by atoms with Gasteiger partial charge in [0.15, 0.2) is 17.3 Å². The highest BCUT2D eigenvalue weighted by Crippen LogP contribution is 2.67. The number of carbonyl (C=O) groups excluding carboxylic acids is 2. The molecule has 49 heavy (non-hydrogen) atoms. The van der Waals surface area contributed by atoms with E-state index in [4.69, 9.17) is 15.5 Å². The molecule has 2 fully saturated rings. The monoisotopic (exact) mass is 700 g/mol. The zero-order valence-corrected chi connectivity index (χ0v) is 30.2. The number of hydrogen-bond donors (Lipinski definition) is 3. The zero-order valence-electron chi connectivity index (χ0n) is 28.6. The highest BCUT2D eigenvalue weighted by molar-refractivity contribution is 8.76. The second-order valence-electron chi connectivity index (χ2n) is 14.7. The van der Waals surface area contributed by atoms with Crippen LogP contribution in [0.4, 0.5) is 5.82 Å². The van der Waals surface area contributed by atoms with Gasteiger partial charge in [0, 0.05) is 36.1 Å². The van der Waals surface area contributed by atoms with E-state index in [1.807, 2.05) is 27.8 Å². The fourth-order valence-electron chi connectivity index (χ4n) is 9.13. The Labute approximate surface area is 297 Å². The number of Topliss-reactive ketones (excluding diaryl/α,β-unsaturated/α-hetero) is 1. The number of benzene rings is 1. The third-order valence-electron chi connectivity index (χ3n) is 11.7. The molecule has 0 unspecified atom stereocenters. The highest BCUT2D eigenvalue weighted by Gasteiger charge is 2.62. The number of hydrogen-bond acceptors (Lipinski definition) is 10. The van der Waals surface area contributed by atoms with Gasteiger partial charge in [0.25, 0.3) is 0 Å². The first-order chi connectivity index (χ1) is 23.7. The molecule has 8 nitrogen and oxygen atoms in total. The number of aromatic hydroxyl groups is 1. The number of nitrogen functional groups attached to an aromatic ring is 1. The molecule has 2 bridgehead atoms. The van der Waals surface area contributed by atoms with Crippen LogP contribution in [-0.4, -0.2) is 51.6 Å². The number of anilines is 1. The van der Waals surface area contributed by atoms with E-state index in [1.54, 1.807) is 18.2 Å². The summed E-state index contributed by atoms with van der Waals surface area (Å²) in [5, 5.41) is 14.4. The SMILES string of the molecule is CC[C@H]1CCC(=O)CC(=O)/C=C/c2cc(OC)c(O)cc2Cc2cnc(N)c(c2)[C@H]([C@]23CC4(CCCC4)C[C@@H]2C=CC2=CNCN23)SSC1. The third-order valence-corrected chi connectivity index (χ3v) is 14.7. The van der Waals surface area contributed by atoms with Crippen molar-refractivity contribution in [1.29, 1.82) is 0 Å². The van der Waals surface area contributed by atoms with Crippen LogP contribution in [0.5, 0.6) is 11.5 Å². The minimum absolute atomic E-state index is 0.0218. The number of phenols is 1. The van der Waals surface area contributed by atoms with Gasteiger partial charge in [-0.2, -0.15) is 0 Å². The van der Waals surface area contributed by atoms with Crippen molar-refractivity contribution in [3.63, 3.8) is 0 Å². The average molecular weight is 701 g/mol. The van der Waals surface area contributed by atoms with E-state index in [2.05, 4.69) is 41.6 Å². The third kappa shape index (κ3) is 6.63. The Kier molecular flexibility index (Phi) is 9.81. The van der Waals surface area contributed by atoms with Crippen LogP contribution in [0.3, 0.4) is 0 Å². The van der Waals surface area contributed by atoms with Crippen LogP contribution in [0.15, 0.2) is 54.5 Å². The van der Waals surface area contributed by atoms with Crippen LogP contribution in [0, 0.1) is 17.3 Å². The lowest BCUT2D eigenvalue weighted by Gasteiger charge is -2.51. The molecule has 1 aromatic heterocycles. The van der Waals surface area contributed by atoms with Crippen molar-refractivity contribution in [2.45, 2.75) is 88.3 Å². The first-order valence-electron chi connectivity index (χ1n) is 17.8. The summed E-state index contributed by atoms with van der Waals surface area (Å²) in [6.45, 7) is 2.97. The van der Waals surface area contributed by atoms with Gasteiger partial charge in [-0.25, -0.2) is 4.98 Å². The van der Waals surface area contributed by atoms with Crippen molar-refractivity contribution in [3.8, 4) is 11.5 Å². The molecule has 4 heterocycles. The van der Waals surface area contributed by atoms with Crippen molar-refractivity contribution >= 4 is 45.0 Å². The fourth-order valence-corrected chi connectivity index (χ4v) is 12.8. The summed E-state index contributed by atoms with van der Waals surface area (Å²) in [5.74, 6) is 2.34. The van der Waals surface area contributed by atoms with Crippen LogP contribution >= 0.6 is 21.6 Å². The van der Waals surface area contributed by atoms with Gasteiger partial charge < -0.3 is 25.8 Å². The standard InChI is InChI=1S/C39H48N4O4S2/c1-3-25-6-10-31(44)18-32(45)11-7-27-17-35(47-2)34(46)16-28(27)14-26-15-33(37(40)42-20-26)36(49-48-22-25)39-23-38(12-4-5-13-38)19-29(39)8-9-30-21-41-24-43(30)39/h7-9,11,15-17,20-21,25,29,36,41,46H,3-6,10,12-14,18-19,22-24H2,1-2H3,(H2,40,42)/b11-7+/t25-,29-,36+,39-/m0/s1. The number of allylic oxidation sites excluding steroid dienone is 2. The topological polar surface area (TPSA) is 118 Å². The van der Waals surface area contributed by atoms with Gasteiger partial charge in [0.05, 0.1) is 36.7 Å². The zero-order chi connectivity index (χ0) is 34.2. The molecule has 2 aromatic rings. The van der Waals surface area contributed by atoms with E-state index < -0.39 is 0 Å². The van der Waals surface area contributed by atoms with E-state index in [0.29, 0.717) is 41.7 Å². The molecule has 1 aromatic carbocycles. The number of ether oxygens (including phenoxy) is 1.